The standard InChI is InChI=1S/C38H50N4O8S2/c1-6-8-17-38(18-9-7-2)24-42(27-13-11-10-12-14-27)30-20-32(51-5)31(21-33(30)52(48,49)41-38)50-23-34(44)39-22-26-15-16-28(43)19-29(26)36(45)40-35(25(3)4)37(46)47/h10-16,19-21,25,35,41,43H,6-9,17-18,22-24H2,1-5H3,(H,39,44)(H,40,45)(H,46,47). The number of rotatable bonds is 17. The lowest BCUT2D eigenvalue weighted by Crippen LogP contribution is -2.53. The Bertz CT molecular complexity index is 1830. The first kappa shape index (κ1) is 40.5. The molecule has 14 heteroatoms. The molecule has 12 nitrogen and oxygen atoms in total. The number of carboxylic acids is 1. The summed E-state index contributed by atoms with van der Waals surface area (Å²) in [4.78, 5) is 40.5. The van der Waals surface area contributed by atoms with E-state index in [1.807, 2.05) is 36.6 Å². The minimum atomic E-state index is -4.03. The van der Waals surface area contributed by atoms with Crippen LogP contribution in [0.2, 0.25) is 0 Å². The Hall–Kier alpha value is -4.27. The Balaban J connectivity index is 1.60. The highest BCUT2D eigenvalue weighted by molar-refractivity contribution is 7.98. The fourth-order valence-electron chi connectivity index (χ4n) is 6.29. The monoisotopic (exact) mass is 754 g/mol. The van der Waals surface area contributed by atoms with Crippen LogP contribution in [0.25, 0.3) is 0 Å². The summed E-state index contributed by atoms with van der Waals surface area (Å²) in [5.74, 6) is -2.81. The van der Waals surface area contributed by atoms with E-state index < -0.39 is 51.9 Å². The third kappa shape index (κ3) is 9.98. The number of sulfonamides is 1. The van der Waals surface area contributed by atoms with E-state index in [4.69, 9.17) is 4.74 Å². The van der Waals surface area contributed by atoms with Crippen molar-refractivity contribution in [3.63, 3.8) is 0 Å². The van der Waals surface area contributed by atoms with Crippen LogP contribution in [0.1, 0.15) is 82.1 Å². The largest absolute Gasteiger partial charge is 0.508 e. The highest BCUT2D eigenvalue weighted by Crippen LogP contribution is 2.44. The molecule has 3 aromatic carbocycles. The third-order valence-electron chi connectivity index (χ3n) is 9.11. The molecule has 1 heterocycles. The molecule has 0 saturated heterocycles. The van der Waals surface area contributed by atoms with E-state index >= 15 is 0 Å². The number of aliphatic carboxylic acids is 1. The number of unbranched alkanes of at least 4 members (excludes halogenated alkanes) is 2. The van der Waals surface area contributed by atoms with Crippen LogP contribution < -0.4 is 25.0 Å². The Labute approximate surface area is 310 Å². The Morgan fingerprint density at radius 1 is 1.02 bits per heavy atom. The van der Waals surface area contributed by atoms with E-state index in [0.717, 1.165) is 31.4 Å². The fraction of sp³-hybridized carbons (Fsp3) is 0.447. The second-order valence-corrected chi connectivity index (χ2v) is 15.9. The summed E-state index contributed by atoms with van der Waals surface area (Å²) < 4.78 is 37.6. The molecule has 0 radical (unpaired) electrons. The number of hydrogen-bond acceptors (Lipinski definition) is 9. The van der Waals surface area contributed by atoms with Crippen molar-refractivity contribution in [2.45, 2.75) is 94.1 Å². The predicted molar refractivity (Wildman–Crippen MR) is 203 cm³/mol. The highest BCUT2D eigenvalue weighted by Gasteiger charge is 2.42. The number of anilines is 2. The summed E-state index contributed by atoms with van der Waals surface area (Å²) in [6.07, 6.45) is 6.79. The number of carboxylic acid groups (broad SMARTS) is 1. The molecule has 0 bridgehead atoms. The number of benzene rings is 3. The summed E-state index contributed by atoms with van der Waals surface area (Å²) in [6.45, 7) is 7.39. The van der Waals surface area contributed by atoms with Crippen molar-refractivity contribution in [1.29, 1.82) is 0 Å². The maximum atomic E-state index is 14.3. The number of thioether (sulfide) groups is 1. The maximum absolute atomic E-state index is 14.3. The zero-order valence-electron chi connectivity index (χ0n) is 30.4. The second kappa shape index (κ2) is 18.0. The van der Waals surface area contributed by atoms with Gasteiger partial charge >= 0.3 is 5.97 Å². The average molecular weight is 755 g/mol. The normalized spacial score (nSPS) is 15.3. The van der Waals surface area contributed by atoms with Gasteiger partial charge in [0.2, 0.25) is 10.0 Å². The predicted octanol–water partition coefficient (Wildman–Crippen LogP) is 6.20. The van der Waals surface area contributed by atoms with Crippen LogP contribution in [0.3, 0.4) is 0 Å². The van der Waals surface area contributed by atoms with Crippen molar-refractivity contribution in [3.05, 3.63) is 71.8 Å². The van der Waals surface area contributed by atoms with Crippen LogP contribution in [0.4, 0.5) is 11.4 Å². The number of para-hydroxylation sites is 1. The van der Waals surface area contributed by atoms with Gasteiger partial charge in [-0.3, -0.25) is 9.59 Å². The van der Waals surface area contributed by atoms with Crippen LogP contribution >= 0.6 is 11.8 Å². The van der Waals surface area contributed by atoms with Gasteiger partial charge < -0.3 is 30.5 Å². The number of nitrogens with zero attached hydrogens (tertiary/aromatic N) is 1. The summed E-state index contributed by atoms with van der Waals surface area (Å²) in [5, 5.41) is 24.7. The molecule has 4 rings (SSSR count). The average Bonchev–Trinajstić information content (AvgIpc) is 3.21. The molecule has 0 saturated carbocycles. The number of fused-ring (bicyclic) bond motifs is 1. The first-order valence-electron chi connectivity index (χ1n) is 17.6. The molecule has 0 aliphatic carbocycles. The van der Waals surface area contributed by atoms with Gasteiger partial charge in [-0.1, -0.05) is 77.6 Å². The van der Waals surface area contributed by atoms with Crippen molar-refractivity contribution in [2.75, 3.05) is 24.3 Å². The first-order chi connectivity index (χ1) is 24.7. The molecule has 5 N–H and O–H groups in total. The maximum Gasteiger partial charge on any atom is 0.326 e. The number of carbonyl (C=O) groups excluding carboxylic acids is 2. The van der Waals surface area contributed by atoms with Crippen LogP contribution in [0.5, 0.6) is 11.5 Å². The Morgan fingerprint density at radius 3 is 2.29 bits per heavy atom. The fourth-order valence-corrected chi connectivity index (χ4v) is 8.50. The summed E-state index contributed by atoms with van der Waals surface area (Å²) in [6, 6.07) is 15.9. The molecule has 1 unspecified atom stereocenters. The van der Waals surface area contributed by atoms with Crippen LogP contribution in [0.15, 0.2) is 70.5 Å². The Morgan fingerprint density at radius 2 is 1.69 bits per heavy atom. The van der Waals surface area contributed by atoms with E-state index in [0.29, 0.717) is 35.5 Å². The van der Waals surface area contributed by atoms with Gasteiger partial charge in [0.1, 0.15) is 22.4 Å². The first-order valence-corrected chi connectivity index (χ1v) is 20.3. The number of aromatic hydroxyl groups is 1. The van der Waals surface area contributed by atoms with Gasteiger partial charge in [0.15, 0.2) is 6.61 Å². The molecule has 2 amide bonds. The van der Waals surface area contributed by atoms with Crippen LogP contribution in [0, 0.1) is 5.92 Å². The van der Waals surface area contributed by atoms with E-state index in [1.54, 1.807) is 19.9 Å². The Kier molecular flexibility index (Phi) is 14.0. The zero-order valence-corrected chi connectivity index (χ0v) is 32.0. The van der Waals surface area contributed by atoms with Crippen molar-refractivity contribution < 1.29 is 37.8 Å². The van der Waals surface area contributed by atoms with Crippen LogP contribution in [-0.4, -0.2) is 67.4 Å². The molecule has 0 fully saturated rings. The van der Waals surface area contributed by atoms with Gasteiger partial charge in [-0.05, 0) is 60.9 Å². The lowest BCUT2D eigenvalue weighted by molar-refractivity contribution is -0.140. The topological polar surface area (TPSA) is 174 Å². The third-order valence-corrected chi connectivity index (χ3v) is 11.5. The van der Waals surface area contributed by atoms with Crippen molar-refractivity contribution >= 4 is 50.9 Å². The number of hydrogen-bond donors (Lipinski definition) is 5. The van der Waals surface area contributed by atoms with E-state index in [2.05, 4.69) is 34.1 Å². The molecule has 0 aromatic heterocycles. The molecule has 1 atom stereocenters. The van der Waals surface area contributed by atoms with E-state index in [9.17, 15) is 33.0 Å². The number of phenols is 1. The smallest absolute Gasteiger partial charge is 0.326 e. The van der Waals surface area contributed by atoms with Crippen molar-refractivity contribution in [1.82, 2.24) is 15.4 Å². The molecular formula is C38H50N4O8S2. The van der Waals surface area contributed by atoms with Crippen molar-refractivity contribution in [3.8, 4) is 11.5 Å². The quantitative estimate of drug-likeness (QED) is 0.0999. The number of amides is 2. The highest BCUT2D eigenvalue weighted by atomic mass is 32.2. The van der Waals surface area contributed by atoms with Gasteiger partial charge in [0.25, 0.3) is 11.8 Å². The molecule has 0 spiro atoms. The second-order valence-electron chi connectivity index (χ2n) is 13.4. The van der Waals surface area contributed by atoms with Gasteiger partial charge in [-0.25, -0.2) is 17.9 Å². The summed E-state index contributed by atoms with van der Waals surface area (Å²) in [7, 11) is -4.03. The number of phenolic OH excluding ortho intramolecular Hbond substituents is 1. The summed E-state index contributed by atoms with van der Waals surface area (Å²) in [5.41, 5.74) is 1.05. The van der Waals surface area contributed by atoms with Gasteiger partial charge in [-0.15, -0.1) is 11.8 Å². The van der Waals surface area contributed by atoms with E-state index in [-0.39, 0.29) is 28.5 Å². The van der Waals surface area contributed by atoms with Crippen LogP contribution in [-0.2, 0) is 26.2 Å². The number of ether oxygens (including phenoxy) is 1. The molecule has 282 valence electrons. The van der Waals surface area contributed by atoms with Gasteiger partial charge in [0.05, 0.1) is 16.1 Å². The molecule has 1 aliphatic rings. The van der Waals surface area contributed by atoms with E-state index in [1.165, 1.54) is 36.0 Å². The minimum Gasteiger partial charge on any atom is -0.508 e. The number of carbonyl (C=O) groups is 3. The lowest BCUT2D eigenvalue weighted by Gasteiger charge is -2.37. The number of nitrogens with one attached hydrogen (secondary N) is 3. The van der Waals surface area contributed by atoms with Gasteiger partial charge in [-0.2, -0.15) is 0 Å². The molecule has 1 aliphatic heterocycles. The SMILES string of the molecule is CCCCC1(CCCC)CN(c2ccccc2)c2cc(SC)c(OCC(=O)NCc3ccc(O)cc3C(=O)NC(C(=O)O)C(C)C)cc2S(=O)(=O)N1. The minimum absolute atomic E-state index is 0.0122. The summed E-state index contributed by atoms with van der Waals surface area (Å²) >= 11 is 1.37. The zero-order chi connectivity index (χ0) is 38.1. The van der Waals surface area contributed by atoms with Gasteiger partial charge in [0, 0.05) is 30.4 Å². The molecule has 52 heavy (non-hydrogen) atoms. The van der Waals surface area contributed by atoms with Crippen molar-refractivity contribution in [2.24, 2.45) is 5.92 Å². The lowest BCUT2D eigenvalue weighted by atomic mass is 9.87. The molecule has 3 aromatic rings. The molecular weight excluding hydrogens is 705 g/mol.